The van der Waals surface area contributed by atoms with Crippen molar-refractivity contribution in [2.45, 2.75) is 0 Å². The standard InChI is InChI=1S/C22H20N2O8S/c1-29-15-10-5-12(19(30-2)20(15)31-3)11-16-18(25)17(22(26)32-4)21(33-16)23-13-6-8-14(9-7-13)24(27)28/h5-11,25H,1-4H3/b16-11+,23-21?. The number of carbonyl (C=O) groups excluding carboxylic acids is 1. The van der Waals surface area contributed by atoms with Crippen molar-refractivity contribution in [3.63, 3.8) is 0 Å². The van der Waals surface area contributed by atoms with Crippen molar-refractivity contribution in [3.8, 4) is 17.2 Å². The topological polar surface area (TPSA) is 130 Å². The number of esters is 1. The Balaban J connectivity index is 2.08. The molecule has 0 atom stereocenters. The molecule has 1 aliphatic rings. The molecule has 33 heavy (non-hydrogen) atoms. The van der Waals surface area contributed by atoms with E-state index in [4.69, 9.17) is 18.9 Å². The third-order valence-corrected chi connectivity index (χ3v) is 5.61. The fourth-order valence-electron chi connectivity index (χ4n) is 3.04. The smallest absolute Gasteiger partial charge is 0.344 e. The van der Waals surface area contributed by atoms with E-state index < -0.39 is 10.9 Å². The molecule has 0 radical (unpaired) electrons. The summed E-state index contributed by atoms with van der Waals surface area (Å²) in [5, 5.41) is 21.8. The van der Waals surface area contributed by atoms with E-state index in [1.807, 2.05) is 0 Å². The average molecular weight is 472 g/mol. The second-order valence-electron chi connectivity index (χ2n) is 6.44. The molecule has 0 amide bonds. The van der Waals surface area contributed by atoms with Gasteiger partial charge in [0.2, 0.25) is 5.75 Å². The Bertz CT molecular complexity index is 1190. The van der Waals surface area contributed by atoms with E-state index in [1.165, 1.54) is 52.7 Å². The lowest BCUT2D eigenvalue weighted by Gasteiger charge is -2.14. The van der Waals surface area contributed by atoms with E-state index in [0.717, 1.165) is 11.8 Å². The number of rotatable bonds is 7. The van der Waals surface area contributed by atoms with Gasteiger partial charge in [0, 0.05) is 17.7 Å². The van der Waals surface area contributed by atoms with Crippen LogP contribution in [-0.4, -0.2) is 49.5 Å². The van der Waals surface area contributed by atoms with Crippen molar-refractivity contribution in [1.29, 1.82) is 0 Å². The number of aliphatic imine (C=N–C) groups is 1. The molecule has 2 aromatic carbocycles. The van der Waals surface area contributed by atoms with Gasteiger partial charge in [-0.15, -0.1) is 0 Å². The lowest BCUT2D eigenvalue weighted by Crippen LogP contribution is -2.10. The van der Waals surface area contributed by atoms with Gasteiger partial charge in [0.1, 0.15) is 16.4 Å². The second kappa shape index (κ2) is 10.1. The summed E-state index contributed by atoms with van der Waals surface area (Å²) in [6, 6.07) is 8.87. The zero-order valence-electron chi connectivity index (χ0n) is 18.1. The number of benzene rings is 2. The number of hydrogen-bond donors (Lipinski definition) is 1. The van der Waals surface area contributed by atoms with Crippen molar-refractivity contribution in [3.05, 3.63) is 68.3 Å². The van der Waals surface area contributed by atoms with Gasteiger partial charge < -0.3 is 24.1 Å². The van der Waals surface area contributed by atoms with Gasteiger partial charge in [-0.05, 0) is 30.3 Å². The first kappa shape index (κ1) is 23.7. The monoisotopic (exact) mass is 472 g/mol. The van der Waals surface area contributed by atoms with Crippen molar-refractivity contribution in [2.24, 2.45) is 4.99 Å². The van der Waals surface area contributed by atoms with Crippen molar-refractivity contribution < 1.29 is 33.8 Å². The molecular weight excluding hydrogens is 452 g/mol. The highest BCUT2D eigenvalue weighted by Gasteiger charge is 2.33. The summed E-state index contributed by atoms with van der Waals surface area (Å²) in [6.45, 7) is 0. The molecule has 0 bridgehead atoms. The van der Waals surface area contributed by atoms with Crippen LogP contribution in [0.1, 0.15) is 5.56 Å². The maximum Gasteiger partial charge on any atom is 0.344 e. The number of hydrogen-bond acceptors (Lipinski definition) is 10. The summed E-state index contributed by atoms with van der Waals surface area (Å²) in [4.78, 5) is 27.4. The maximum atomic E-state index is 12.4. The highest BCUT2D eigenvalue weighted by molar-refractivity contribution is 8.18. The third kappa shape index (κ3) is 4.77. The average Bonchev–Trinajstić information content (AvgIpc) is 3.12. The van der Waals surface area contributed by atoms with Crippen LogP contribution in [0.4, 0.5) is 11.4 Å². The first-order chi connectivity index (χ1) is 15.8. The molecule has 3 rings (SSSR count). The van der Waals surface area contributed by atoms with E-state index in [1.54, 1.807) is 18.2 Å². The molecule has 0 saturated carbocycles. The molecule has 172 valence electrons. The highest BCUT2D eigenvalue weighted by Crippen LogP contribution is 2.44. The highest BCUT2D eigenvalue weighted by atomic mass is 32.2. The summed E-state index contributed by atoms with van der Waals surface area (Å²) >= 11 is 1.04. The van der Waals surface area contributed by atoms with Crippen LogP contribution in [0.3, 0.4) is 0 Å². The summed E-state index contributed by atoms with van der Waals surface area (Å²) in [6.07, 6.45) is 1.61. The van der Waals surface area contributed by atoms with Crippen LogP contribution in [0.5, 0.6) is 17.2 Å². The molecule has 1 aliphatic heterocycles. The molecule has 0 aromatic heterocycles. The molecule has 0 aliphatic carbocycles. The predicted molar refractivity (Wildman–Crippen MR) is 124 cm³/mol. The molecule has 0 fully saturated rings. The van der Waals surface area contributed by atoms with Crippen LogP contribution in [-0.2, 0) is 9.53 Å². The normalized spacial score (nSPS) is 15.6. The Morgan fingerprint density at radius 3 is 2.24 bits per heavy atom. The number of non-ortho nitro benzene ring substituents is 1. The number of nitrogens with zero attached hydrogens (tertiary/aromatic N) is 2. The van der Waals surface area contributed by atoms with Crippen molar-refractivity contribution in [1.82, 2.24) is 0 Å². The van der Waals surface area contributed by atoms with Crippen molar-refractivity contribution >= 4 is 40.2 Å². The number of carbonyl (C=O) groups is 1. The molecule has 11 heteroatoms. The molecule has 1 heterocycles. The van der Waals surface area contributed by atoms with Gasteiger partial charge in [0.05, 0.1) is 44.0 Å². The fourth-order valence-corrected chi connectivity index (χ4v) is 4.06. The van der Waals surface area contributed by atoms with Crippen LogP contribution < -0.4 is 14.2 Å². The number of aliphatic hydroxyl groups is 1. The van der Waals surface area contributed by atoms with E-state index in [0.29, 0.717) is 33.4 Å². The minimum atomic E-state index is -0.775. The van der Waals surface area contributed by atoms with Gasteiger partial charge in [-0.1, -0.05) is 11.8 Å². The van der Waals surface area contributed by atoms with E-state index in [9.17, 15) is 20.0 Å². The Morgan fingerprint density at radius 2 is 1.70 bits per heavy atom. The van der Waals surface area contributed by atoms with Gasteiger partial charge in [-0.3, -0.25) is 10.1 Å². The minimum absolute atomic E-state index is 0.0919. The van der Waals surface area contributed by atoms with Crippen LogP contribution in [0.25, 0.3) is 6.08 Å². The van der Waals surface area contributed by atoms with E-state index in [2.05, 4.69) is 4.99 Å². The molecule has 10 nitrogen and oxygen atoms in total. The Morgan fingerprint density at radius 1 is 1.03 bits per heavy atom. The molecule has 2 aromatic rings. The van der Waals surface area contributed by atoms with Gasteiger partial charge in [-0.2, -0.15) is 0 Å². The Labute approximate surface area is 193 Å². The second-order valence-corrected chi connectivity index (χ2v) is 7.47. The first-order valence-corrected chi connectivity index (χ1v) is 10.2. The number of aliphatic hydroxyl groups excluding tert-OH is 1. The molecular formula is C22H20N2O8S. The molecule has 1 N–H and O–H groups in total. The van der Waals surface area contributed by atoms with Crippen LogP contribution in [0.2, 0.25) is 0 Å². The first-order valence-electron chi connectivity index (χ1n) is 9.38. The van der Waals surface area contributed by atoms with Crippen molar-refractivity contribution in [2.75, 3.05) is 28.4 Å². The van der Waals surface area contributed by atoms with E-state index in [-0.39, 0.29) is 22.1 Å². The number of ether oxygens (including phenoxy) is 4. The quantitative estimate of drug-likeness (QED) is 0.353. The zero-order chi connectivity index (χ0) is 24.1. The zero-order valence-corrected chi connectivity index (χ0v) is 19.0. The third-order valence-electron chi connectivity index (χ3n) is 4.59. The van der Waals surface area contributed by atoms with E-state index >= 15 is 0 Å². The summed E-state index contributed by atoms with van der Waals surface area (Å²) < 4.78 is 20.9. The number of methoxy groups -OCH3 is 4. The molecule has 0 unspecified atom stereocenters. The SMILES string of the molecule is COC(=O)C1=C(O)/C(=C\c2ccc(OC)c(OC)c2OC)SC1=Nc1ccc([N+](=O)[O-])cc1. The Kier molecular flexibility index (Phi) is 7.23. The van der Waals surface area contributed by atoms with Gasteiger partial charge in [0.15, 0.2) is 11.5 Å². The number of nitro groups is 1. The Hall–Kier alpha value is -3.99. The summed E-state index contributed by atoms with van der Waals surface area (Å²) in [5.74, 6) is 0.116. The summed E-state index contributed by atoms with van der Waals surface area (Å²) in [7, 11) is 5.64. The van der Waals surface area contributed by atoms with Crippen LogP contribution in [0.15, 0.2) is 57.6 Å². The largest absolute Gasteiger partial charge is 0.506 e. The van der Waals surface area contributed by atoms with Crippen LogP contribution in [0, 0.1) is 10.1 Å². The van der Waals surface area contributed by atoms with Gasteiger partial charge in [-0.25, -0.2) is 9.79 Å². The minimum Gasteiger partial charge on any atom is -0.506 e. The van der Waals surface area contributed by atoms with Crippen LogP contribution >= 0.6 is 11.8 Å². The fraction of sp³-hybridized carbons (Fsp3) is 0.182. The summed E-state index contributed by atoms with van der Waals surface area (Å²) in [5.41, 5.74) is 0.713. The molecule has 0 saturated heterocycles. The number of thioether (sulfide) groups is 1. The lowest BCUT2D eigenvalue weighted by molar-refractivity contribution is -0.384. The molecule has 0 spiro atoms. The lowest BCUT2D eigenvalue weighted by atomic mass is 10.1. The number of nitro benzene ring substituents is 1. The maximum absolute atomic E-state index is 12.4. The van der Waals surface area contributed by atoms with Gasteiger partial charge >= 0.3 is 5.97 Å². The van der Waals surface area contributed by atoms with Gasteiger partial charge in [0.25, 0.3) is 5.69 Å². The predicted octanol–water partition coefficient (Wildman–Crippen LogP) is 4.42.